The van der Waals surface area contributed by atoms with Crippen LogP contribution in [0.25, 0.3) is 0 Å². The van der Waals surface area contributed by atoms with Gasteiger partial charge in [-0.1, -0.05) is 29.3 Å². The summed E-state index contributed by atoms with van der Waals surface area (Å²) in [5.74, 6) is 0.166. The van der Waals surface area contributed by atoms with Gasteiger partial charge in [0.05, 0.1) is 10.0 Å². The molecule has 3 N–H and O–H groups in total. The first-order chi connectivity index (χ1) is 7.17. The van der Waals surface area contributed by atoms with Crippen LogP contribution in [0.4, 0.5) is 0 Å². The first kappa shape index (κ1) is 12.8. The lowest BCUT2D eigenvalue weighted by molar-refractivity contribution is 0.223. The van der Waals surface area contributed by atoms with Gasteiger partial charge in [0.15, 0.2) is 0 Å². The van der Waals surface area contributed by atoms with E-state index >= 15 is 0 Å². The molecule has 1 unspecified atom stereocenters. The molecule has 0 saturated heterocycles. The second kappa shape index (κ2) is 6.33. The Bertz CT molecular complexity index is 313. The Morgan fingerprint density at radius 3 is 2.53 bits per heavy atom. The van der Waals surface area contributed by atoms with E-state index in [2.05, 4.69) is 0 Å². The fourth-order valence-electron chi connectivity index (χ4n) is 1.35. The van der Waals surface area contributed by atoms with Gasteiger partial charge in [0.25, 0.3) is 0 Å². The maximum atomic E-state index is 8.98. The van der Waals surface area contributed by atoms with Crippen LogP contribution in [-0.4, -0.2) is 18.3 Å². The van der Waals surface area contributed by atoms with Crippen LogP contribution in [0.15, 0.2) is 18.2 Å². The molecule has 0 radical (unpaired) electrons. The molecular weight excluding hydrogens is 233 g/mol. The molecule has 0 aliphatic carbocycles. The molecule has 15 heavy (non-hydrogen) atoms. The van der Waals surface area contributed by atoms with E-state index in [0.717, 1.165) is 18.4 Å². The number of rotatable bonds is 5. The smallest absolute Gasteiger partial charge is 0.0595 e. The molecule has 0 fully saturated rings. The molecule has 0 aliphatic rings. The maximum Gasteiger partial charge on any atom is 0.0595 e. The van der Waals surface area contributed by atoms with Crippen LogP contribution in [0.2, 0.25) is 10.0 Å². The van der Waals surface area contributed by atoms with E-state index in [4.69, 9.17) is 34.0 Å². The Morgan fingerprint density at radius 2 is 2.00 bits per heavy atom. The second-order valence-electron chi connectivity index (χ2n) is 3.57. The quantitative estimate of drug-likeness (QED) is 0.840. The highest BCUT2D eigenvalue weighted by atomic mass is 35.5. The van der Waals surface area contributed by atoms with E-state index in [9.17, 15) is 0 Å². The molecule has 0 bridgehead atoms. The van der Waals surface area contributed by atoms with Crippen molar-refractivity contribution in [3.8, 4) is 0 Å². The average Bonchev–Trinajstić information content (AvgIpc) is 2.24. The number of benzene rings is 1. The lowest BCUT2D eigenvalue weighted by Gasteiger charge is -2.11. The van der Waals surface area contributed by atoms with E-state index in [-0.39, 0.29) is 12.5 Å². The second-order valence-corrected chi connectivity index (χ2v) is 4.39. The first-order valence-electron chi connectivity index (χ1n) is 4.92. The minimum Gasteiger partial charge on any atom is -0.396 e. The molecule has 4 heteroatoms. The van der Waals surface area contributed by atoms with Gasteiger partial charge < -0.3 is 10.8 Å². The van der Waals surface area contributed by atoms with Crippen molar-refractivity contribution in [1.82, 2.24) is 0 Å². The monoisotopic (exact) mass is 247 g/mol. The molecule has 2 nitrogen and oxygen atoms in total. The molecule has 1 aromatic rings. The summed E-state index contributed by atoms with van der Waals surface area (Å²) in [7, 11) is 0. The predicted octanol–water partition coefficient (Wildman–Crippen LogP) is 2.49. The highest BCUT2D eigenvalue weighted by Gasteiger charge is 2.06. The summed E-state index contributed by atoms with van der Waals surface area (Å²) in [4.78, 5) is 0. The number of aliphatic hydroxyl groups is 1. The summed E-state index contributed by atoms with van der Waals surface area (Å²) in [5, 5.41) is 10.1. The summed E-state index contributed by atoms with van der Waals surface area (Å²) in [6.45, 7) is 0.648. The number of nitrogens with two attached hydrogens (primary N) is 1. The van der Waals surface area contributed by atoms with Gasteiger partial charge >= 0.3 is 0 Å². The minimum atomic E-state index is 0.137. The van der Waals surface area contributed by atoms with E-state index in [1.54, 1.807) is 6.07 Å². The summed E-state index contributed by atoms with van der Waals surface area (Å²) in [5.41, 5.74) is 6.62. The number of aryl methyl sites for hydroxylation is 1. The number of halogens is 2. The Balaban J connectivity index is 2.54. The van der Waals surface area contributed by atoms with Gasteiger partial charge in [-0.05, 0) is 43.0 Å². The topological polar surface area (TPSA) is 46.2 Å². The molecule has 0 aromatic heterocycles. The zero-order valence-corrected chi connectivity index (χ0v) is 9.93. The van der Waals surface area contributed by atoms with Gasteiger partial charge in [0.2, 0.25) is 0 Å². The molecule has 0 aliphatic heterocycles. The largest absolute Gasteiger partial charge is 0.396 e. The molecule has 0 saturated carbocycles. The van der Waals surface area contributed by atoms with E-state index in [1.807, 2.05) is 12.1 Å². The molecule has 1 rings (SSSR count). The maximum absolute atomic E-state index is 8.98. The zero-order valence-electron chi connectivity index (χ0n) is 8.42. The van der Waals surface area contributed by atoms with E-state index in [1.165, 1.54) is 0 Å². The molecule has 84 valence electrons. The molecule has 0 amide bonds. The lowest BCUT2D eigenvalue weighted by Crippen LogP contribution is -2.18. The van der Waals surface area contributed by atoms with Crippen molar-refractivity contribution in [3.05, 3.63) is 33.8 Å². The Hall–Kier alpha value is -0.280. The van der Waals surface area contributed by atoms with Gasteiger partial charge in [0.1, 0.15) is 0 Å². The fourth-order valence-corrected chi connectivity index (χ4v) is 1.67. The third-order valence-electron chi connectivity index (χ3n) is 2.42. The molecule has 1 aromatic carbocycles. The van der Waals surface area contributed by atoms with Crippen LogP contribution in [0.5, 0.6) is 0 Å². The van der Waals surface area contributed by atoms with Crippen LogP contribution >= 0.6 is 23.2 Å². The SMILES string of the molecule is NCC(CO)CCc1ccc(Cl)c(Cl)c1. The third-order valence-corrected chi connectivity index (χ3v) is 3.16. The Kier molecular flexibility index (Phi) is 5.40. The molecule has 1 atom stereocenters. The van der Waals surface area contributed by atoms with Crippen LogP contribution in [0.3, 0.4) is 0 Å². The standard InChI is InChI=1S/C11H15Cl2NO/c12-10-4-3-8(5-11(10)13)1-2-9(6-14)7-15/h3-5,9,15H,1-2,6-7,14H2. The van der Waals surface area contributed by atoms with Gasteiger partial charge in [-0.15, -0.1) is 0 Å². The molecular formula is C11H15Cl2NO. The molecule has 0 heterocycles. The van der Waals surface area contributed by atoms with Gasteiger partial charge in [0, 0.05) is 6.61 Å². The van der Waals surface area contributed by atoms with Crippen molar-refractivity contribution in [1.29, 1.82) is 0 Å². The van der Waals surface area contributed by atoms with Crippen LogP contribution in [0.1, 0.15) is 12.0 Å². The Labute approximate surface area is 100.0 Å². The molecule has 0 spiro atoms. The third kappa shape index (κ3) is 3.99. The van der Waals surface area contributed by atoms with Crippen LogP contribution < -0.4 is 5.73 Å². The highest BCUT2D eigenvalue weighted by Crippen LogP contribution is 2.23. The zero-order chi connectivity index (χ0) is 11.3. The number of hydrogen-bond acceptors (Lipinski definition) is 2. The minimum absolute atomic E-state index is 0.137. The number of aliphatic hydroxyl groups excluding tert-OH is 1. The summed E-state index contributed by atoms with van der Waals surface area (Å²) >= 11 is 11.7. The van der Waals surface area contributed by atoms with Gasteiger partial charge in [-0.2, -0.15) is 0 Å². The van der Waals surface area contributed by atoms with Crippen molar-refractivity contribution in [3.63, 3.8) is 0 Å². The van der Waals surface area contributed by atoms with Crippen LogP contribution in [0, 0.1) is 5.92 Å². The highest BCUT2D eigenvalue weighted by molar-refractivity contribution is 6.42. The normalized spacial score (nSPS) is 12.8. The van der Waals surface area contributed by atoms with E-state index < -0.39 is 0 Å². The fraction of sp³-hybridized carbons (Fsp3) is 0.455. The van der Waals surface area contributed by atoms with Crippen molar-refractivity contribution in [2.24, 2.45) is 11.7 Å². The summed E-state index contributed by atoms with van der Waals surface area (Å²) in [6.07, 6.45) is 1.73. The van der Waals surface area contributed by atoms with E-state index in [0.29, 0.717) is 16.6 Å². The van der Waals surface area contributed by atoms with Crippen molar-refractivity contribution in [2.45, 2.75) is 12.8 Å². The number of hydrogen-bond donors (Lipinski definition) is 2. The summed E-state index contributed by atoms with van der Waals surface area (Å²) in [6, 6.07) is 5.59. The van der Waals surface area contributed by atoms with Crippen molar-refractivity contribution in [2.75, 3.05) is 13.2 Å². The first-order valence-corrected chi connectivity index (χ1v) is 5.67. The lowest BCUT2D eigenvalue weighted by atomic mass is 10.0. The van der Waals surface area contributed by atoms with Gasteiger partial charge in [-0.3, -0.25) is 0 Å². The summed E-state index contributed by atoms with van der Waals surface area (Å²) < 4.78 is 0. The van der Waals surface area contributed by atoms with Crippen molar-refractivity contribution < 1.29 is 5.11 Å². The Morgan fingerprint density at radius 1 is 1.27 bits per heavy atom. The average molecular weight is 248 g/mol. The van der Waals surface area contributed by atoms with Gasteiger partial charge in [-0.25, -0.2) is 0 Å². The predicted molar refractivity (Wildman–Crippen MR) is 64.4 cm³/mol. The van der Waals surface area contributed by atoms with Crippen molar-refractivity contribution >= 4 is 23.2 Å². The van der Waals surface area contributed by atoms with Crippen LogP contribution in [-0.2, 0) is 6.42 Å².